The number of rotatable bonds is 5. The van der Waals surface area contributed by atoms with Crippen LogP contribution in [0.15, 0.2) is 36.7 Å². The molecule has 146 valence electrons. The van der Waals surface area contributed by atoms with E-state index in [-0.39, 0.29) is 16.8 Å². The van der Waals surface area contributed by atoms with Gasteiger partial charge in [-0.3, -0.25) is 0 Å². The van der Waals surface area contributed by atoms with Gasteiger partial charge in [0.2, 0.25) is 0 Å². The van der Waals surface area contributed by atoms with Crippen molar-refractivity contribution in [3.05, 3.63) is 47.5 Å². The molecule has 2 heterocycles. The average Bonchev–Trinajstić information content (AvgIpc) is 3.10. The summed E-state index contributed by atoms with van der Waals surface area (Å²) in [6, 6.07) is 8.40. The summed E-state index contributed by atoms with van der Waals surface area (Å²) in [5, 5.41) is 3.75. The minimum atomic E-state index is -0.532. The standard InChI is InChI=1S/C20H20ClFN4O2/c1-26-7-6-12(10-26)28-18-8-13-16(9-17(18)27-2)23-11-24-20(13)25-15-5-3-4-14(21)19(15)22/h3-5,8-9,11-12H,6-7,10H2,1-2H3,(H,23,24,25). The van der Waals surface area contributed by atoms with Gasteiger partial charge in [0.1, 0.15) is 18.2 Å². The summed E-state index contributed by atoms with van der Waals surface area (Å²) in [7, 11) is 3.66. The van der Waals surface area contributed by atoms with Crippen LogP contribution in [-0.4, -0.2) is 48.2 Å². The number of benzene rings is 2. The number of likely N-dealkylation sites (N-methyl/N-ethyl adjacent to an activating group) is 1. The Morgan fingerprint density at radius 1 is 1.25 bits per heavy atom. The highest BCUT2D eigenvalue weighted by atomic mass is 35.5. The van der Waals surface area contributed by atoms with E-state index in [2.05, 4.69) is 27.2 Å². The maximum Gasteiger partial charge on any atom is 0.165 e. The summed E-state index contributed by atoms with van der Waals surface area (Å²) in [5.74, 6) is 1.14. The van der Waals surface area contributed by atoms with Gasteiger partial charge >= 0.3 is 0 Å². The number of halogens is 2. The minimum absolute atomic E-state index is 0.0411. The van der Waals surface area contributed by atoms with Crippen LogP contribution in [0.5, 0.6) is 11.5 Å². The fourth-order valence-corrected chi connectivity index (χ4v) is 3.49. The molecule has 1 aliphatic rings. The van der Waals surface area contributed by atoms with Crippen LogP contribution in [0, 0.1) is 5.82 Å². The lowest BCUT2D eigenvalue weighted by molar-refractivity contribution is 0.200. The zero-order chi connectivity index (χ0) is 19.7. The summed E-state index contributed by atoms with van der Waals surface area (Å²) in [6.45, 7) is 1.84. The molecule has 0 bridgehead atoms. The number of nitrogens with one attached hydrogen (secondary N) is 1. The molecule has 0 amide bonds. The van der Waals surface area contributed by atoms with Crippen molar-refractivity contribution in [2.75, 3.05) is 32.6 Å². The molecule has 1 aromatic heterocycles. The van der Waals surface area contributed by atoms with Crippen molar-refractivity contribution in [1.82, 2.24) is 14.9 Å². The second-order valence-corrected chi connectivity index (χ2v) is 7.17. The fourth-order valence-electron chi connectivity index (χ4n) is 3.31. The molecular weight excluding hydrogens is 383 g/mol. The van der Waals surface area contributed by atoms with Crippen LogP contribution in [-0.2, 0) is 0 Å². The van der Waals surface area contributed by atoms with E-state index in [1.807, 2.05) is 6.07 Å². The highest BCUT2D eigenvalue weighted by Crippen LogP contribution is 2.36. The van der Waals surface area contributed by atoms with Gasteiger partial charge in [-0.1, -0.05) is 17.7 Å². The zero-order valence-corrected chi connectivity index (χ0v) is 16.3. The van der Waals surface area contributed by atoms with Crippen LogP contribution in [0.1, 0.15) is 6.42 Å². The van der Waals surface area contributed by atoms with Gasteiger partial charge in [-0.05, 0) is 31.7 Å². The zero-order valence-electron chi connectivity index (χ0n) is 15.6. The summed E-state index contributed by atoms with van der Waals surface area (Å²) < 4.78 is 26.0. The third-order valence-corrected chi connectivity index (χ3v) is 5.06. The molecule has 3 aromatic rings. The molecule has 0 radical (unpaired) electrons. The number of aromatic nitrogens is 2. The van der Waals surface area contributed by atoms with E-state index >= 15 is 0 Å². The molecular formula is C20H20ClFN4O2. The Hall–Kier alpha value is -2.64. The third-order valence-electron chi connectivity index (χ3n) is 4.77. The highest BCUT2D eigenvalue weighted by molar-refractivity contribution is 6.31. The van der Waals surface area contributed by atoms with Gasteiger partial charge in [0.25, 0.3) is 0 Å². The van der Waals surface area contributed by atoms with E-state index in [0.717, 1.165) is 19.5 Å². The number of fused-ring (bicyclic) bond motifs is 1. The maximum atomic E-state index is 14.3. The van der Waals surface area contributed by atoms with Crippen LogP contribution in [0.25, 0.3) is 10.9 Å². The number of hydrogen-bond acceptors (Lipinski definition) is 6. The van der Waals surface area contributed by atoms with E-state index in [4.69, 9.17) is 21.1 Å². The quantitative estimate of drug-likeness (QED) is 0.688. The Morgan fingerprint density at radius 3 is 2.86 bits per heavy atom. The predicted molar refractivity (Wildman–Crippen MR) is 107 cm³/mol. The van der Waals surface area contributed by atoms with Crippen molar-refractivity contribution in [2.24, 2.45) is 0 Å². The van der Waals surface area contributed by atoms with E-state index in [1.165, 1.54) is 12.4 Å². The van der Waals surface area contributed by atoms with Crippen LogP contribution >= 0.6 is 11.6 Å². The smallest absolute Gasteiger partial charge is 0.165 e. The Morgan fingerprint density at radius 2 is 2.11 bits per heavy atom. The maximum absolute atomic E-state index is 14.3. The third kappa shape index (κ3) is 3.68. The molecule has 1 fully saturated rings. The van der Waals surface area contributed by atoms with E-state index in [9.17, 15) is 4.39 Å². The second-order valence-electron chi connectivity index (χ2n) is 6.76. The number of hydrogen-bond donors (Lipinski definition) is 1. The number of ether oxygens (including phenoxy) is 2. The second kappa shape index (κ2) is 7.77. The van der Waals surface area contributed by atoms with Gasteiger partial charge in [-0.2, -0.15) is 0 Å². The van der Waals surface area contributed by atoms with Crippen LogP contribution in [0.4, 0.5) is 15.9 Å². The summed E-state index contributed by atoms with van der Waals surface area (Å²) >= 11 is 5.88. The summed E-state index contributed by atoms with van der Waals surface area (Å²) in [6.07, 6.45) is 2.45. The molecule has 0 saturated carbocycles. The summed E-state index contributed by atoms with van der Waals surface area (Å²) in [4.78, 5) is 10.8. The predicted octanol–water partition coefficient (Wildman–Crippen LogP) is 4.26. The van der Waals surface area contributed by atoms with Gasteiger partial charge in [0.05, 0.1) is 23.3 Å². The number of anilines is 2. The molecule has 6 nitrogen and oxygen atoms in total. The SMILES string of the molecule is COc1cc2ncnc(Nc3cccc(Cl)c3F)c2cc1OC1CCN(C)C1. The first kappa shape index (κ1) is 18.7. The Labute approximate surface area is 167 Å². The normalized spacial score (nSPS) is 17.1. The highest BCUT2D eigenvalue weighted by Gasteiger charge is 2.23. The largest absolute Gasteiger partial charge is 0.493 e. The molecule has 4 rings (SSSR count). The van der Waals surface area contributed by atoms with Crippen LogP contribution < -0.4 is 14.8 Å². The molecule has 28 heavy (non-hydrogen) atoms. The molecule has 1 unspecified atom stereocenters. The van der Waals surface area contributed by atoms with Gasteiger partial charge in [-0.25, -0.2) is 14.4 Å². The summed E-state index contributed by atoms with van der Waals surface area (Å²) in [5.41, 5.74) is 0.899. The monoisotopic (exact) mass is 402 g/mol. The molecule has 1 N–H and O–H groups in total. The van der Waals surface area contributed by atoms with Crippen LogP contribution in [0.2, 0.25) is 5.02 Å². The Kier molecular flexibility index (Phi) is 5.19. The number of likely N-dealkylation sites (tertiary alicyclic amines) is 1. The lowest BCUT2D eigenvalue weighted by Gasteiger charge is -2.18. The molecule has 1 saturated heterocycles. The van der Waals surface area contributed by atoms with E-state index in [0.29, 0.717) is 28.2 Å². The van der Waals surface area contributed by atoms with Crippen molar-refractivity contribution in [1.29, 1.82) is 0 Å². The Bertz CT molecular complexity index is 1020. The van der Waals surface area contributed by atoms with Gasteiger partial charge in [0.15, 0.2) is 17.3 Å². The van der Waals surface area contributed by atoms with Crippen molar-refractivity contribution >= 4 is 34.0 Å². The molecule has 8 heteroatoms. The first-order chi connectivity index (χ1) is 13.5. The van der Waals surface area contributed by atoms with E-state index in [1.54, 1.807) is 25.3 Å². The molecule has 0 aliphatic carbocycles. The van der Waals surface area contributed by atoms with Crippen molar-refractivity contribution in [3.63, 3.8) is 0 Å². The number of nitrogens with zero attached hydrogens (tertiary/aromatic N) is 3. The molecule has 1 aliphatic heterocycles. The van der Waals surface area contributed by atoms with Crippen molar-refractivity contribution in [3.8, 4) is 11.5 Å². The van der Waals surface area contributed by atoms with Crippen molar-refractivity contribution in [2.45, 2.75) is 12.5 Å². The topological polar surface area (TPSA) is 59.5 Å². The number of methoxy groups -OCH3 is 1. The molecule has 1 atom stereocenters. The fraction of sp³-hybridized carbons (Fsp3) is 0.300. The van der Waals surface area contributed by atoms with Gasteiger partial charge < -0.3 is 19.7 Å². The average molecular weight is 403 g/mol. The van der Waals surface area contributed by atoms with Crippen molar-refractivity contribution < 1.29 is 13.9 Å². The molecule has 2 aromatic carbocycles. The first-order valence-electron chi connectivity index (χ1n) is 8.94. The molecule has 0 spiro atoms. The lowest BCUT2D eigenvalue weighted by atomic mass is 10.2. The first-order valence-corrected chi connectivity index (χ1v) is 9.32. The minimum Gasteiger partial charge on any atom is -0.493 e. The van der Waals surface area contributed by atoms with Crippen LogP contribution in [0.3, 0.4) is 0 Å². The Balaban J connectivity index is 1.73. The van der Waals surface area contributed by atoms with Gasteiger partial charge in [-0.15, -0.1) is 0 Å². The lowest BCUT2D eigenvalue weighted by Crippen LogP contribution is -2.21. The van der Waals surface area contributed by atoms with Gasteiger partial charge in [0, 0.05) is 24.5 Å². The van der Waals surface area contributed by atoms with E-state index < -0.39 is 5.82 Å².